The monoisotopic (exact) mass is 246 g/mol. The third-order valence-corrected chi connectivity index (χ3v) is 3.57. The summed E-state index contributed by atoms with van der Waals surface area (Å²) in [4.78, 5) is 1.11. The van der Waals surface area contributed by atoms with Crippen LogP contribution in [0.2, 0.25) is 0 Å². The molecule has 0 aliphatic rings. The van der Waals surface area contributed by atoms with E-state index < -0.39 is 6.36 Å². The maximum atomic E-state index is 12.0. The molecule has 16 heavy (non-hydrogen) atoms. The second-order valence-electron chi connectivity index (χ2n) is 3.49. The van der Waals surface area contributed by atoms with Crippen molar-refractivity contribution < 1.29 is 17.9 Å². The van der Waals surface area contributed by atoms with Gasteiger partial charge in [-0.15, -0.1) is 24.5 Å². The Morgan fingerprint density at radius 2 is 1.88 bits per heavy atom. The number of ether oxygens (including phenoxy) is 1. The van der Waals surface area contributed by atoms with E-state index in [4.69, 9.17) is 0 Å². The van der Waals surface area contributed by atoms with Crippen LogP contribution in [0.25, 0.3) is 10.1 Å². The summed E-state index contributed by atoms with van der Waals surface area (Å²) >= 11 is 1.57. The number of rotatable bonds is 1. The molecular weight excluding hydrogens is 237 g/mol. The molecule has 86 valence electrons. The molecule has 1 aromatic carbocycles. The molecule has 0 fully saturated rings. The maximum Gasteiger partial charge on any atom is 0.573 e. The summed E-state index contributed by atoms with van der Waals surface area (Å²) in [7, 11) is 0. The zero-order valence-corrected chi connectivity index (χ0v) is 9.50. The first-order valence-electron chi connectivity index (χ1n) is 4.62. The molecule has 0 spiro atoms. The van der Waals surface area contributed by atoms with Crippen molar-refractivity contribution in [1.82, 2.24) is 0 Å². The van der Waals surface area contributed by atoms with E-state index >= 15 is 0 Å². The van der Waals surface area contributed by atoms with Crippen molar-refractivity contribution >= 4 is 21.4 Å². The average molecular weight is 246 g/mol. The Balaban J connectivity index is 2.47. The minimum atomic E-state index is -4.63. The molecule has 1 heterocycles. The third kappa shape index (κ3) is 2.14. The van der Waals surface area contributed by atoms with Crippen molar-refractivity contribution in [3.63, 3.8) is 0 Å². The van der Waals surface area contributed by atoms with Crippen molar-refractivity contribution in [1.29, 1.82) is 0 Å². The molecule has 0 bridgehead atoms. The Bertz CT molecular complexity index is 528. The first-order chi connectivity index (χ1) is 7.37. The number of thiophene rings is 1. The van der Waals surface area contributed by atoms with Gasteiger partial charge in [-0.25, -0.2) is 0 Å². The molecular formula is C11H9F3OS. The summed E-state index contributed by atoms with van der Waals surface area (Å²) < 4.78 is 40.9. The van der Waals surface area contributed by atoms with E-state index in [2.05, 4.69) is 4.74 Å². The highest BCUT2D eigenvalue weighted by Crippen LogP contribution is 2.34. The van der Waals surface area contributed by atoms with Crippen LogP contribution in [-0.2, 0) is 0 Å². The molecule has 0 saturated carbocycles. The van der Waals surface area contributed by atoms with Gasteiger partial charge in [-0.3, -0.25) is 0 Å². The van der Waals surface area contributed by atoms with Crippen molar-refractivity contribution in [2.75, 3.05) is 0 Å². The van der Waals surface area contributed by atoms with Crippen LogP contribution >= 0.6 is 11.3 Å². The van der Waals surface area contributed by atoms with Crippen LogP contribution < -0.4 is 4.74 Å². The van der Waals surface area contributed by atoms with Gasteiger partial charge in [0.05, 0.1) is 0 Å². The SMILES string of the molecule is Cc1sc2ccc(OC(F)(F)F)cc2c1C. The van der Waals surface area contributed by atoms with Crippen LogP contribution in [0.15, 0.2) is 18.2 Å². The minimum absolute atomic E-state index is 0.166. The second kappa shape index (κ2) is 3.66. The van der Waals surface area contributed by atoms with Gasteiger partial charge >= 0.3 is 6.36 Å². The summed E-state index contributed by atoms with van der Waals surface area (Å²) in [6.07, 6.45) is -4.63. The molecule has 1 aromatic heterocycles. The standard InChI is InChI=1S/C11H9F3OS/c1-6-7(2)16-10-4-3-8(5-9(6)10)15-11(12,13)14/h3-5H,1-2H3. The molecule has 0 aliphatic carbocycles. The van der Waals surface area contributed by atoms with Crippen LogP contribution in [0.5, 0.6) is 5.75 Å². The Morgan fingerprint density at radius 3 is 2.50 bits per heavy atom. The summed E-state index contributed by atoms with van der Waals surface area (Å²) in [5, 5.41) is 0.823. The third-order valence-electron chi connectivity index (χ3n) is 2.38. The predicted octanol–water partition coefficient (Wildman–Crippen LogP) is 4.42. The quantitative estimate of drug-likeness (QED) is 0.723. The fraction of sp³-hybridized carbons (Fsp3) is 0.273. The number of aryl methyl sites for hydroxylation is 2. The van der Waals surface area contributed by atoms with E-state index in [0.29, 0.717) is 0 Å². The highest BCUT2D eigenvalue weighted by Gasteiger charge is 2.31. The van der Waals surface area contributed by atoms with Gasteiger partial charge in [-0.2, -0.15) is 0 Å². The lowest BCUT2D eigenvalue weighted by Crippen LogP contribution is -2.16. The Kier molecular flexibility index (Phi) is 2.58. The van der Waals surface area contributed by atoms with Gasteiger partial charge in [-0.1, -0.05) is 0 Å². The van der Waals surface area contributed by atoms with Crippen LogP contribution in [0.4, 0.5) is 13.2 Å². The van der Waals surface area contributed by atoms with Gasteiger partial charge in [-0.05, 0) is 43.0 Å². The smallest absolute Gasteiger partial charge is 0.406 e. The molecule has 0 N–H and O–H groups in total. The van der Waals surface area contributed by atoms with Gasteiger partial charge in [0.25, 0.3) is 0 Å². The average Bonchev–Trinajstić information content (AvgIpc) is 2.42. The van der Waals surface area contributed by atoms with Crippen LogP contribution in [0, 0.1) is 13.8 Å². The van der Waals surface area contributed by atoms with Crippen LogP contribution in [0.3, 0.4) is 0 Å². The molecule has 1 nitrogen and oxygen atoms in total. The summed E-state index contributed by atoms with van der Waals surface area (Å²) in [6, 6.07) is 4.42. The molecule has 0 radical (unpaired) electrons. The zero-order valence-electron chi connectivity index (χ0n) is 8.68. The predicted molar refractivity (Wildman–Crippen MR) is 58.0 cm³/mol. The second-order valence-corrected chi connectivity index (χ2v) is 4.75. The van der Waals surface area contributed by atoms with E-state index in [1.165, 1.54) is 12.1 Å². The highest BCUT2D eigenvalue weighted by atomic mass is 32.1. The number of fused-ring (bicyclic) bond motifs is 1. The van der Waals surface area contributed by atoms with E-state index in [1.54, 1.807) is 17.4 Å². The molecule has 0 saturated heterocycles. The Hall–Kier alpha value is -1.23. The first-order valence-corrected chi connectivity index (χ1v) is 5.44. The zero-order chi connectivity index (χ0) is 11.9. The largest absolute Gasteiger partial charge is 0.573 e. The minimum Gasteiger partial charge on any atom is -0.406 e. The van der Waals surface area contributed by atoms with Crippen molar-refractivity contribution in [3.8, 4) is 5.75 Å². The van der Waals surface area contributed by atoms with Crippen LogP contribution in [-0.4, -0.2) is 6.36 Å². The van der Waals surface area contributed by atoms with Gasteiger partial charge in [0, 0.05) is 9.58 Å². The van der Waals surface area contributed by atoms with E-state index in [1.807, 2.05) is 13.8 Å². The fourth-order valence-corrected chi connectivity index (χ4v) is 2.57. The normalized spacial score (nSPS) is 12.1. The lowest BCUT2D eigenvalue weighted by atomic mass is 10.1. The summed E-state index contributed by atoms with van der Waals surface area (Å²) in [6.45, 7) is 3.84. The van der Waals surface area contributed by atoms with E-state index in [9.17, 15) is 13.2 Å². The number of alkyl halides is 3. The number of halogens is 3. The lowest BCUT2D eigenvalue weighted by Gasteiger charge is -2.08. The van der Waals surface area contributed by atoms with Crippen molar-refractivity contribution in [2.45, 2.75) is 20.2 Å². The first kappa shape index (κ1) is 11.3. The maximum absolute atomic E-state index is 12.0. The van der Waals surface area contributed by atoms with Gasteiger partial charge in [0.2, 0.25) is 0 Å². The molecule has 2 aromatic rings. The number of benzene rings is 1. The topological polar surface area (TPSA) is 9.23 Å². The van der Waals surface area contributed by atoms with Gasteiger partial charge in [0.15, 0.2) is 0 Å². The molecule has 0 unspecified atom stereocenters. The van der Waals surface area contributed by atoms with Crippen LogP contribution in [0.1, 0.15) is 10.4 Å². The molecule has 5 heteroatoms. The molecule has 0 atom stereocenters. The molecule has 0 amide bonds. The Morgan fingerprint density at radius 1 is 1.19 bits per heavy atom. The Labute approximate surface area is 94.5 Å². The van der Waals surface area contributed by atoms with Crippen molar-refractivity contribution in [3.05, 3.63) is 28.6 Å². The molecule has 2 rings (SSSR count). The van der Waals surface area contributed by atoms with Gasteiger partial charge in [0.1, 0.15) is 5.75 Å². The number of hydrogen-bond donors (Lipinski definition) is 0. The highest BCUT2D eigenvalue weighted by molar-refractivity contribution is 7.19. The summed E-state index contributed by atoms with van der Waals surface area (Å²) in [5.41, 5.74) is 1.01. The summed E-state index contributed by atoms with van der Waals surface area (Å²) in [5.74, 6) is -0.166. The number of hydrogen-bond acceptors (Lipinski definition) is 2. The molecule has 0 aliphatic heterocycles. The van der Waals surface area contributed by atoms with Gasteiger partial charge < -0.3 is 4.74 Å². The van der Waals surface area contributed by atoms with E-state index in [0.717, 1.165) is 20.5 Å². The van der Waals surface area contributed by atoms with E-state index in [-0.39, 0.29) is 5.75 Å². The lowest BCUT2D eigenvalue weighted by molar-refractivity contribution is -0.274. The fourth-order valence-electron chi connectivity index (χ4n) is 1.52. The van der Waals surface area contributed by atoms with Crippen molar-refractivity contribution in [2.24, 2.45) is 0 Å².